The van der Waals surface area contributed by atoms with Crippen LogP contribution in [0.3, 0.4) is 0 Å². The number of nitrogens with zero attached hydrogens (tertiary/aromatic N) is 1. The summed E-state index contributed by atoms with van der Waals surface area (Å²) in [5.74, 6) is -0.0211. The predicted molar refractivity (Wildman–Crippen MR) is 76.8 cm³/mol. The molecule has 0 radical (unpaired) electrons. The molecule has 1 saturated carbocycles. The van der Waals surface area contributed by atoms with E-state index in [-0.39, 0.29) is 11.3 Å². The molecule has 0 amide bonds. The number of hydrogen-bond donors (Lipinski definition) is 3. The smallest absolute Gasteiger partial charge is 0.337 e. The number of aromatic carboxylic acids is 1. The highest BCUT2D eigenvalue weighted by Gasteiger charge is 2.38. The standard InChI is InChI=1S/C15H15N3O2/c16-12-8-17-14(7-11(12)15(19)20)18-13-6-10(13)9-4-2-1-3-5-9/h1-5,7-8,10,13H,6,16H2,(H,17,18)(H,19,20). The van der Waals surface area contributed by atoms with E-state index < -0.39 is 5.97 Å². The van der Waals surface area contributed by atoms with Gasteiger partial charge in [0.2, 0.25) is 0 Å². The lowest BCUT2D eigenvalue weighted by atomic mass is 10.1. The summed E-state index contributed by atoms with van der Waals surface area (Å²) in [5.41, 5.74) is 7.14. The van der Waals surface area contributed by atoms with Gasteiger partial charge >= 0.3 is 5.97 Å². The van der Waals surface area contributed by atoms with E-state index in [0.717, 1.165) is 6.42 Å². The van der Waals surface area contributed by atoms with Crippen molar-refractivity contribution in [1.29, 1.82) is 0 Å². The summed E-state index contributed by atoms with van der Waals surface area (Å²) >= 11 is 0. The molecule has 20 heavy (non-hydrogen) atoms. The first-order valence-corrected chi connectivity index (χ1v) is 6.45. The molecule has 3 rings (SSSR count). The molecule has 2 atom stereocenters. The number of anilines is 2. The van der Waals surface area contributed by atoms with Crippen molar-refractivity contribution in [3.05, 3.63) is 53.7 Å². The molecule has 0 spiro atoms. The summed E-state index contributed by atoms with van der Waals surface area (Å²) < 4.78 is 0. The van der Waals surface area contributed by atoms with Gasteiger partial charge in [0.1, 0.15) is 5.82 Å². The zero-order valence-electron chi connectivity index (χ0n) is 10.8. The van der Waals surface area contributed by atoms with Crippen LogP contribution in [-0.4, -0.2) is 22.1 Å². The van der Waals surface area contributed by atoms with Gasteiger partial charge in [-0.15, -0.1) is 0 Å². The van der Waals surface area contributed by atoms with Crippen molar-refractivity contribution in [2.75, 3.05) is 11.1 Å². The Morgan fingerprint density at radius 2 is 2.10 bits per heavy atom. The molecule has 2 unspecified atom stereocenters. The van der Waals surface area contributed by atoms with Crippen LogP contribution in [0.1, 0.15) is 28.3 Å². The van der Waals surface area contributed by atoms with Gasteiger partial charge in [-0.1, -0.05) is 30.3 Å². The summed E-state index contributed by atoms with van der Waals surface area (Å²) in [6.45, 7) is 0. The fourth-order valence-electron chi connectivity index (χ4n) is 2.34. The van der Waals surface area contributed by atoms with Crippen molar-refractivity contribution in [1.82, 2.24) is 4.98 Å². The lowest BCUT2D eigenvalue weighted by Gasteiger charge is -2.07. The van der Waals surface area contributed by atoms with Gasteiger partial charge in [-0.05, 0) is 18.1 Å². The highest BCUT2D eigenvalue weighted by molar-refractivity contribution is 5.94. The summed E-state index contributed by atoms with van der Waals surface area (Å²) in [4.78, 5) is 15.2. The van der Waals surface area contributed by atoms with Crippen LogP contribution in [0.5, 0.6) is 0 Å². The Balaban J connectivity index is 1.71. The maximum Gasteiger partial charge on any atom is 0.337 e. The Morgan fingerprint density at radius 1 is 1.35 bits per heavy atom. The quantitative estimate of drug-likeness (QED) is 0.792. The average molecular weight is 269 g/mol. The number of nitrogen functional groups attached to an aromatic ring is 1. The Labute approximate surface area is 116 Å². The van der Waals surface area contributed by atoms with Crippen molar-refractivity contribution in [3.8, 4) is 0 Å². The SMILES string of the molecule is Nc1cnc(NC2CC2c2ccccc2)cc1C(=O)O. The summed E-state index contributed by atoms with van der Waals surface area (Å²) in [6.07, 6.45) is 2.41. The number of carboxylic acid groups (broad SMARTS) is 1. The molecule has 1 heterocycles. The van der Waals surface area contributed by atoms with Gasteiger partial charge in [0.15, 0.2) is 0 Å². The second kappa shape index (κ2) is 4.85. The minimum atomic E-state index is -1.04. The molecular weight excluding hydrogens is 254 g/mol. The van der Waals surface area contributed by atoms with Crippen LogP contribution in [0.4, 0.5) is 11.5 Å². The Kier molecular flexibility index (Phi) is 3.02. The first kappa shape index (κ1) is 12.5. The molecule has 0 bridgehead atoms. The van der Waals surface area contributed by atoms with E-state index in [4.69, 9.17) is 10.8 Å². The third kappa shape index (κ3) is 2.42. The summed E-state index contributed by atoms with van der Waals surface area (Å²) in [7, 11) is 0. The summed E-state index contributed by atoms with van der Waals surface area (Å²) in [5, 5.41) is 12.3. The molecular formula is C15H15N3O2. The molecule has 4 N–H and O–H groups in total. The second-order valence-corrected chi connectivity index (χ2v) is 4.97. The number of hydrogen-bond acceptors (Lipinski definition) is 4. The van der Waals surface area contributed by atoms with Crippen LogP contribution in [0.15, 0.2) is 42.6 Å². The fraction of sp³-hybridized carbons (Fsp3) is 0.200. The Hall–Kier alpha value is -2.56. The number of carbonyl (C=O) groups is 1. The van der Waals surface area contributed by atoms with Crippen molar-refractivity contribution in [2.24, 2.45) is 0 Å². The van der Waals surface area contributed by atoms with Gasteiger partial charge in [-0.2, -0.15) is 0 Å². The zero-order chi connectivity index (χ0) is 14.1. The number of pyridine rings is 1. The van der Waals surface area contributed by atoms with E-state index in [2.05, 4.69) is 22.4 Å². The molecule has 1 aromatic heterocycles. The molecule has 0 saturated heterocycles. The Morgan fingerprint density at radius 3 is 2.80 bits per heavy atom. The lowest BCUT2D eigenvalue weighted by molar-refractivity contribution is 0.0698. The number of carboxylic acids is 1. The van der Waals surface area contributed by atoms with Gasteiger partial charge in [0.05, 0.1) is 17.4 Å². The molecule has 1 fully saturated rings. The van der Waals surface area contributed by atoms with E-state index in [1.165, 1.54) is 17.8 Å². The van der Waals surface area contributed by atoms with Crippen molar-refractivity contribution >= 4 is 17.5 Å². The topological polar surface area (TPSA) is 88.2 Å². The fourth-order valence-corrected chi connectivity index (χ4v) is 2.34. The minimum Gasteiger partial charge on any atom is -0.478 e. The van der Waals surface area contributed by atoms with Crippen molar-refractivity contribution in [2.45, 2.75) is 18.4 Å². The highest BCUT2D eigenvalue weighted by Crippen LogP contribution is 2.42. The Bertz CT molecular complexity index is 643. The van der Waals surface area contributed by atoms with E-state index in [1.54, 1.807) is 0 Å². The van der Waals surface area contributed by atoms with Crippen LogP contribution < -0.4 is 11.1 Å². The molecule has 1 aromatic carbocycles. The molecule has 102 valence electrons. The average Bonchev–Trinajstić information content (AvgIpc) is 3.21. The number of nitrogens with one attached hydrogen (secondary N) is 1. The van der Waals surface area contributed by atoms with Gasteiger partial charge < -0.3 is 16.2 Å². The highest BCUT2D eigenvalue weighted by atomic mass is 16.4. The van der Waals surface area contributed by atoms with Crippen molar-refractivity contribution in [3.63, 3.8) is 0 Å². The number of benzene rings is 1. The maximum absolute atomic E-state index is 11.0. The molecule has 2 aromatic rings. The first-order valence-electron chi connectivity index (χ1n) is 6.45. The summed E-state index contributed by atoms with van der Waals surface area (Å²) in [6, 6.07) is 12.0. The molecule has 5 nitrogen and oxygen atoms in total. The second-order valence-electron chi connectivity index (χ2n) is 4.97. The minimum absolute atomic E-state index is 0.0828. The van der Waals surface area contributed by atoms with E-state index >= 15 is 0 Å². The van der Waals surface area contributed by atoms with Crippen LogP contribution in [0, 0.1) is 0 Å². The molecule has 5 heteroatoms. The third-order valence-corrected chi connectivity index (χ3v) is 3.52. The van der Waals surface area contributed by atoms with Gasteiger partial charge in [0, 0.05) is 12.0 Å². The van der Waals surface area contributed by atoms with E-state index in [0.29, 0.717) is 17.8 Å². The molecule has 1 aliphatic carbocycles. The van der Waals surface area contributed by atoms with Gasteiger partial charge in [-0.25, -0.2) is 9.78 Å². The van der Waals surface area contributed by atoms with Crippen LogP contribution in [0.2, 0.25) is 0 Å². The number of rotatable bonds is 4. The van der Waals surface area contributed by atoms with Crippen LogP contribution >= 0.6 is 0 Å². The first-order chi connectivity index (χ1) is 9.65. The monoisotopic (exact) mass is 269 g/mol. The van der Waals surface area contributed by atoms with Crippen LogP contribution in [-0.2, 0) is 0 Å². The lowest BCUT2D eigenvalue weighted by Crippen LogP contribution is -2.09. The predicted octanol–water partition coefficient (Wildman–Crippen LogP) is 2.33. The van der Waals surface area contributed by atoms with Crippen LogP contribution in [0.25, 0.3) is 0 Å². The van der Waals surface area contributed by atoms with E-state index in [9.17, 15) is 4.79 Å². The zero-order valence-corrected chi connectivity index (χ0v) is 10.8. The van der Waals surface area contributed by atoms with Gasteiger partial charge in [-0.3, -0.25) is 0 Å². The third-order valence-electron chi connectivity index (χ3n) is 3.52. The number of nitrogens with two attached hydrogens (primary N) is 1. The van der Waals surface area contributed by atoms with Gasteiger partial charge in [0.25, 0.3) is 0 Å². The molecule has 1 aliphatic rings. The number of aromatic nitrogens is 1. The van der Waals surface area contributed by atoms with E-state index in [1.807, 2.05) is 18.2 Å². The maximum atomic E-state index is 11.0. The normalized spacial score (nSPS) is 20.4. The molecule has 0 aliphatic heterocycles. The largest absolute Gasteiger partial charge is 0.478 e. The van der Waals surface area contributed by atoms with Crippen molar-refractivity contribution < 1.29 is 9.90 Å².